The van der Waals surface area contributed by atoms with Crippen LogP contribution in [0.15, 0.2) is 42.6 Å². The first-order valence-electron chi connectivity index (χ1n) is 6.19. The Bertz CT molecular complexity index is 515. The molecule has 1 heterocycles. The van der Waals surface area contributed by atoms with Crippen molar-refractivity contribution in [3.05, 3.63) is 53.9 Å². The van der Waals surface area contributed by atoms with Crippen LogP contribution in [0.1, 0.15) is 11.3 Å². The smallest absolute Gasteiger partial charge is 0.121 e. The molecule has 2 N–H and O–H groups in total. The Kier molecular flexibility index (Phi) is 4.75. The second-order valence-corrected chi connectivity index (χ2v) is 4.24. The number of nitrogen functional groups attached to an aromatic ring is 1. The second-order valence-electron chi connectivity index (χ2n) is 4.24. The van der Waals surface area contributed by atoms with E-state index in [9.17, 15) is 0 Å². The van der Waals surface area contributed by atoms with Gasteiger partial charge in [0.25, 0.3) is 0 Å². The van der Waals surface area contributed by atoms with Gasteiger partial charge >= 0.3 is 0 Å². The highest BCUT2D eigenvalue weighted by molar-refractivity contribution is 5.47. The summed E-state index contributed by atoms with van der Waals surface area (Å²) in [5.41, 5.74) is 8.51. The average Bonchev–Trinajstić information content (AvgIpc) is 2.44. The summed E-state index contributed by atoms with van der Waals surface area (Å²) in [6, 6.07) is 11.5. The molecular weight excluding hydrogens is 240 g/mol. The molecule has 19 heavy (non-hydrogen) atoms. The molecule has 0 aliphatic heterocycles. The van der Waals surface area contributed by atoms with Crippen LogP contribution < -0.4 is 10.5 Å². The largest absolute Gasteiger partial charge is 0.497 e. The van der Waals surface area contributed by atoms with Crippen LogP contribution in [0.4, 0.5) is 5.69 Å². The average molecular weight is 258 g/mol. The highest BCUT2D eigenvalue weighted by atomic mass is 16.5. The number of hydrogen-bond donors (Lipinski definition) is 1. The van der Waals surface area contributed by atoms with Gasteiger partial charge in [0.2, 0.25) is 0 Å². The molecule has 0 aliphatic rings. The molecule has 2 aromatic rings. The molecule has 2 rings (SSSR count). The first-order valence-corrected chi connectivity index (χ1v) is 6.19. The van der Waals surface area contributed by atoms with E-state index in [2.05, 4.69) is 4.98 Å². The molecule has 1 aromatic carbocycles. The van der Waals surface area contributed by atoms with Gasteiger partial charge in [-0.25, -0.2) is 0 Å². The predicted octanol–water partition coefficient (Wildman–Crippen LogP) is 2.43. The molecule has 0 bridgehead atoms. The van der Waals surface area contributed by atoms with E-state index in [1.807, 2.05) is 30.3 Å². The van der Waals surface area contributed by atoms with Crippen LogP contribution >= 0.6 is 0 Å². The van der Waals surface area contributed by atoms with Gasteiger partial charge < -0.3 is 15.2 Å². The van der Waals surface area contributed by atoms with Crippen LogP contribution in [-0.2, 0) is 17.8 Å². The summed E-state index contributed by atoms with van der Waals surface area (Å²) in [4.78, 5) is 4.24. The Hall–Kier alpha value is -2.07. The summed E-state index contributed by atoms with van der Waals surface area (Å²) in [6.45, 7) is 1.16. The fourth-order valence-corrected chi connectivity index (χ4v) is 1.80. The first kappa shape index (κ1) is 13.4. The van der Waals surface area contributed by atoms with Gasteiger partial charge in [-0.05, 0) is 29.8 Å². The van der Waals surface area contributed by atoms with E-state index in [4.69, 9.17) is 15.2 Å². The van der Waals surface area contributed by atoms with Gasteiger partial charge in [-0.1, -0.05) is 6.07 Å². The molecular formula is C15H18N2O2. The van der Waals surface area contributed by atoms with Crippen LogP contribution in [-0.4, -0.2) is 18.7 Å². The molecule has 0 amide bonds. The maximum atomic E-state index is 5.78. The van der Waals surface area contributed by atoms with Gasteiger partial charge in [0.05, 0.1) is 20.3 Å². The minimum Gasteiger partial charge on any atom is -0.497 e. The number of rotatable bonds is 6. The Labute approximate surface area is 113 Å². The number of nitrogens with zero attached hydrogens (tertiary/aromatic N) is 1. The lowest BCUT2D eigenvalue weighted by Crippen LogP contribution is -2.01. The molecule has 0 fully saturated rings. The van der Waals surface area contributed by atoms with Crippen molar-refractivity contribution in [3.63, 3.8) is 0 Å². The zero-order valence-corrected chi connectivity index (χ0v) is 11.0. The minimum atomic E-state index is 0.522. The molecule has 0 spiro atoms. The summed E-state index contributed by atoms with van der Waals surface area (Å²) in [7, 11) is 1.63. The molecule has 0 saturated carbocycles. The standard InChI is InChI=1S/C15H18N2O2/c1-18-15-9-12(8-13(16)10-15)11-19-7-5-14-4-2-3-6-17-14/h2-4,6,8-10H,5,7,11,16H2,1H3. The predicted molar refractivity (Wildman–Crippen MR) is 75.0 cm³/mol. The highest BCUT2D eigenvalue weighted by Crippen LogP contribution is 2.19. The molecule has 0 aliphatic carbocycles. The summed E-state index contributed by atoms with van der Waals surface area (Å²) >= 11 is 0. The van der Waals surface area contributed by atoms with Gasteiger partial charge in [0.1, 0.15) is 5.75 Å². The number of benzene rings is 1. The summed E-state index contributed by atoms with van der Waals surface area (Å²) in [5, 5.41) is 0. The lowest BCUT2D eigenvalue weighted by Gasteiger charge is -2.07. The molecule has 0 unspecified atom stereocenters. The van der Waals surface area contributed by atoms with Crippen LogP contribution in [0.25, 0.3) is 0 Å². The molecule has 100 valence electrons. The van der Waals surface area contributed by atoms with E-state index in [1.165, 1.54) is 0 Å². The van der Waals surface area contributed by atoms with Gasteiger partial charge in [-0.15, -0.1) is 0 Å². The monoisotopic (exact) mass is 258 g/mol. The number of anilines is 1. The maximum Gasteiger partial charge on any atom is 0.121 e. The van der Waals surface area contributed by atoms with Crippen LogP contribution in [0, 0.1) is 0 Å². The molecule has 0 saturated heterocycles. The maximum absolute atomic E-state index is 5.78. The van der Waals surface area contributed by atoms with Crippen molar-refractivity contribution in [2.75, 3.05) is 19.5 Å². The van der Waals surface area contributed by atoms with Crippen molar-refractivity contribution in [3.8, 4) is 5.75 Å². The van der Waals surface area contributed by atoms with E-state index in [0.717, 1.165) is 23.4 Å². The SMILES string of the molecule is COc1cc(N)cc(COCCc2ccccn2)c1. The number of methoxy groups -OCH3 is 1. The fourth-order valence-electron chi connectivity index (χ4n) is 1.80. The molecule has 4 heteroatoms. The van der Waals surface area contributed by atoms with Gasteiger partial charge in [-0.2, -0.15) is 0 Å². The Morgan fingerprint density at radius 3 is 2.84 bits per heavy atom. The summed E-state index contributed by atoms with van der Waals surface area (Å²) in [6.07, 6.45) is 2.60. The van der Waals surface area contributed by atoms with E-state index < -0.39 is 0 Å². The molecule has 0 radical (unpaired) electrons. The zero-order chi connectivity index (χ0) is 13.5. The highest BCUT2D eigenvalue weighted by Gasteiger charge is 2.00. The molecule has 4 nitrogen and oxygen atoms in total. The topological polar surface area (TPSA) is 57.4 Å². The van der Waals surface area contributed by atoms with Crippen molar-refractivity contribution in [2.45, 2.75) is 13.0 Å². The third kappa shape index (κ3) is 4.26. The Morgan fingerprint density at radius 1 is 1.21 bits per heavy atom. The van der Waals surface area contributed by atoms with Crippen molar-refractivity contribution < 1.29 is 9.47 Å². The lowest BCUT2D eigenvalue weighted by atomic mass is 10.2. The Balaban J connectivity index is 1.81. The van der Waals surface area contributed by atoms with E-state index in [-0.39, 0.29) is 0 Å². The minimum absolute atomic E-state index is 0.522. The normalized spacial score (nSPS) is 10.4. The third-order valence-electron chi connectivity index (χ3n) is 2.72. The number of nitrogens with two attached hydrogens (primary N) is 1. The zero-order valence-electron chi connectivity index (χ0n) is 11.0. The van der Waals surface area contributed by atoms with Gasteiger partial charge in [0.15, 0.2) is 0 Å². The van der Waals surface area contributed by atoms with Crippen LogP contribution in [0.5, 0.6) is 5.75 Å². The third-order valence-corrected chi connectivity index (χ3v) is 2.72. The number of pyridine rings is 1. The summed E-state index contributed by atoms with van der Waals surface area (Å²) < 4.78 is 10.8. The van der Waals surface area contributed by atoms with Crippen molar-refractivity contribution in [2.24, 2.45) is 0 Å². The van der Waals surface area contributed by atoms with Gasteiger partial charge in [0, 0.05) is 30.1 Å². The van der Waals surface area contributed by atoms with Crippen LogP contribution in [0.2, 0.25) is 0 Å². The number of hydrogen-bond acceptors (Lipinski definition) is 4. The fraction of sp³-hybridized carbons (Fsp3) is 0.267. The van der Waals surface area contributed by atoms with Crippen molar-refractivity contribution >= 4 is 5.69 Å². The molecule has 1 aromatic heterocycles. The van der Waals surface area contributed by atoms with Crippen molar-refractivity contribution in [1.29, 1.82) is 0 Å². The quantitative estimate of drug-likeness (QED) is 0.638. The summed E-state index contributed by atoms with van der Waals surface area (Å²) in [5.74, 6) is 0.753. The van der Waals surface area contributed by atoms with E-state index >= 15 is 0 Å². The van der Waals surface area contributed by atoms with E-state index in [1.54, 1.807) is 19.4 Å². The molecule has 0 atom stereocenters. The van der Waals surface area contributed by atoms with Crippen molar-refractivity contribution in [1.82, 2.24) is 4.98 Å². The number of aromatic nitrogens is 1. The van der Waals surface area contributed by atoms with Crippen LogP contribution in [0.3, 0.4) is 0 Å². The Morgan fingerprint density at radius 2 is 2.11 bits per heavy atom. The first-order chi connectivity index (χ1) is 9.28. The van der Waals surface area contributed by atoms with Gasteiger partial charge in [-0.3, -0.25) is 4.98 Å². The number of ether oxygens (including phenoxy) is 2. The second kappa shape index (κ2) is 6.75. The van der Waals surface area contributed by atoms with E-state index in [0.29, 0.717) is 18.9 Å². The lowest BCUT2D eigenvalue weighted by molar-refractivity contribution is 0.123.